The van der Waals surface area contributed by atoms with Crippen molar-refractivity contribution >= 4 is 23.5 Å². The van der Waals surface area contributed by atoms with Gasteiger partial charge >= 0.3 is 5.97 Å². The van der Waals surface area contributed by atoms with Gasteiger partial charge in [-0.3, -0.25) is 14.4 Å². The molecule has 0 N–H and O–H groups in total. The van der Waals surface area contributed by atoms with Gasteiger partial charge in [-0.15, -0.1) is 0 Å². The van der Waals surface area contributed by atoms with Crippen LogP contribution in [0.1, 0.15) is 51.9 Å². The van der Waals surface area contributed by atoms with Crippen molar-refractivity contribution in [3.63, 3.8) is 0 Å². The average Bonchev–Trinajstić information content (AvgIpc) is 3.29. The lowest BCUT2D eigenvalue weighted by atomic mass is 9.81. The van der Waals surface area contributed by atoms with E-state index in [-0.39, 0.29) is 29.6 Å². The molecule has 0 aromatic heterocycles. The number of nitrogens with zero attached hydrogens (tertiary/aromatic N) is 1. The minimum Gasteiger partial charge on any atom is -0.426 e. The lowest BCUT2D eigenvalue weighted by molar-refractivity contribution is -0.134. The number of hydrogen-bond acceptors (Lipinski definition) is 4. The number of ether oxygens (including phenoxy) is 1. The first-order valence-corrected chi connectivity index (χ1v) is 9.78. The number of carbonyl (C=O) groups is 3. The molecule has 1 aromatic carbocycles. The van der Waals surface area contributed by atoms with Crippen molar-refractivity contribution < 1.29 is 19.1 Å². The Bertz CT molecular complexity index is 715. The third kappa shape index (κ3) is 2.83. The number of hydrogen-bond donors (Lipinski definition) is 0. The van der Waals surface area contributed by atoms with E-state index in [4.69, 9.17) is 4.74 Å². The molecule has 4 atom stereocenters. The third-order valence-corrected chi connectivity index (χ3v) is 6.22. The highest BCUT2D eigenvalue weighted by molar-refractivity contribution is 6.22. The normalized spacial score (nSPS) is 29.3. The molecule has 1 aromatic rings. The van der Waals surface area contributed by atoms with E-state index in [0.29, 0.717) is 29.7 Å². The number of unbranched alkanes of at least 4 members (excludes halogenated alkanes) is 2. The van der Waals surface area contributed by atoms with E-state index < -0.39 is 0 Å². The Kier molecular flexibility index (Phi) is 4.55. The average molecular weight is 355 g/mol. The van der Waals surface area contributed by atoms with E-state index in [1.54, 1.807) is 24.3 Å². The summed E-state index contributed by atoms with van der Waals surface area (Å²) in [4.78, 5) is 39.0. The smallest absolute Gasteiger partial charge is 0.311 e. The molecule has 0 unspecified atom stereocenters. The van der Waals surface area contributed by atoms with Crippen LogP contribution in [0.25, 0.3) is 0 Å². The molecule has 3 fully saturated rings. The van der Waals surface area contributed by atoms with Gasteiger partial charge in [0.25, 0.3) is 0 Å². The molecule has 5 nitrogen and oxygen atoms in total. The van der Waals surface area contributed by atoms with Crippen LogP contribution in [0.4, 0.5) is 5.69 Å². The second kappa shape index (κ2) is 6.86. The van der Waals surface area contributed by atoms with Crippen LogP contribution in [0, 0.1) is 23.7 Å². The Morgan fingerprint density at radius 2 is 1.81 bits per heavy atom. The van der Waals surface area contributed by atoms with Gasteiger partial charge in [0.15, 0.2) is 0 Å². The molecule has 26 heavy (non-hydrogen) atoms. The van der Waals surface area contributed by atoms with Crippen molar-refractivity contribution in [3.05, 3.63) is 24.3 Å². The minimum absolute atomic E-state index is 0.0707. The first-order chi connectivity index (χ1) is 12.6. The van der Waals surface area contributed by atoms with Gasteiger partial charge in [0.1, 0.15) is 5.75 Å². The molecule has 138 valence electrons. The van der Waals surface area contributed by atoms with Crippen molar-refractivity contribution in [1.82, 2.24) is 0 Å². The lowest BCUT2D eigenvalue weighted by Gasteiger charge is -2.19. The molecular weight excluding hydrogens is 330 g/mol. The number of carbonyl (C=O) groups excluding carboxylic acids is 3. The van der Waals surface area contributed by atoms with Crippen molar-refractivity contribution in [2.75, 3.05) is 4.90 Å². The van der Waals surface area contributed by atoms with Crippen molar-refractivity contribution in [1.29, 1.82) is 0 Å². The van der Waals surface area contributed by atoms with Crippen LogP contribution in [0.15, 0.2) is 24.3 Å². The summed E-state index contributed by atoms with van der Waals surface area (Å²) < 4.78 is 5.39. The highest BCUT2D eigenvalue weighted by Crippen LogP contribution is 2.56. The van der Waals surface area contributed by atoms with Crippen molar-refractivity contribution in [2.24, 2.45) is 23.7 Å². The molecule has 2 aliphatic carbocycles. The Morgan fingerprint density at radius 3 is 2.46 bits per heavy atom. The van der Waals surface area contributed by atoms with Gasteiger partial charge in [-0.1, -0.05) is 25.8 Å². The maximum Gasteiger partial charge on any atom is 0.311 e. The van der Waals surface area contributed by atoms with E-state index in [0.717, 1.165) is 38.5 Å². The van der Waals surface area contributed by atoms with Crippen LogP contribution in [-0.4, -0.2) is 17.8 Å². The number of benzene rings is 1. The number of anilines is 1. The fourth-order valence-corrected chi connectivity index (χ4v) is 5.05. The topological polar surface area (TPSA) is 63.7 Å². The Morgan fingerprint density at radius 1 is 1.12 bits per heavy atom. The molecule has 1 aliphatic heterocycles. The van der Waals surface area contributed by atoms with Gasteiger partial charge in [-0.05, 0) is 49.7 Å². The Labute approximate surface area is 153 Å². The van der Waals surface area contributed by atoms with Gasteiger partial charge in [0.05, 0.1) is 17.5 Å². The summed E-state index contributed by atoms with van der Waals surface area (Å²) in [6.07, 6.45) is 6.39. The number of fused-ring (bicyclic) bond motifs is 5. The first-order valence-electron chi connectivity index (χ1n) is 9.78. The largest absolute Gasteiger partial charge is 0.426 e. The predicted molar refractivity (Wildman–Crippen MR) is 96.5 cm³/mol. The molecule has 3 aliphatic rings. The fraction of sp³-hybridized carbons (Fsp3) is 0.571. The Balaban J connectivity index is 1.49. The maximum atomic E-state index is 12.9. The summed E-state index contributed by atoms with van der Waals surface area (Å²) in [5, 5.41) is 0. The summed E-state index contributed by atoms with van der Waals surface area (Å²) in [5.41, 5.74) is 0.521. The van der Waals surface area contributed by atoms with E-state index >= 15 is 0 Å². The van der Waals surface area contributed by atoms with E-state index in [1.165, 1.54) is 4.90 Å². The van der Waals surface area contributed by atoms with Crippen LogP contribution in [-0.2, 0) is 14.4 Å². The molecule has 5 heteroatoms. The number of rotatable bonds is 6. The highest BCUT2D eigenvalue weighted by Gasteiger charge is 2.61. The molecule has 0 radical (unpaired) electrons. The maximum absolute atomic E-state index is 12.9. The molecule has 1 saturated heterocycles. The number of esters is 1. The molecule has 2 amide bonds. The molecule has 2 saturated carbocycles. The molecular formula is C21H25NO4. The SMILES string of the molecule is CCCCCC(=O)Oc1cccc(N2C(=O)[C@@H]3[C@@H]4CC[C@@H](C4)[C@@H]3C2=O)c1. The first kappa shape index (κ1) is 17.3. The number of imide groups is 1. The quantitative estimate of drug-likeness (QED) is 0.338. The molecule has 1 heterocycles. The zero-order chi connectivity index (χ0) is 18.3. The third-order valence-electron chi connectivity index (χ3n) is 6.22. The standard InChI is InChI=1S/C21H25NO4/c1-2-3-4-8-17(23)26-16-7-5-6-15(12-16)22-20(24)18-13-9-10-14(11-13)19(18)21(22)25/h5-7,12-14,18-19H,2-4,8-11H2,1H3/t13-,14+,18-,19+. The van der Waals surface area contributed by atoms with Crippen LogP contribution in [0.5, 0.6) is 5.75 Å². The van der Waals surface area contributed by atoms with E-state index in [1.807, 2.05) is 0 Å². The number of amides is 2. The van der Waals surface area contributed by atoms with Gasteiger partial charge in [-0.25, -0.2) is 4.90 Å². The zero-order valence-electron chi connectivity index (χ0n) is 15.1. The summed E-state index contributed by atoms with van der Waals surface area (Å²) >= 11 is 0. The summed E-state index contributed by atoms with van der Waals surface area (Å²) in [6, 6.07) is 6.80. The van der Waals surface area contributed by atoms with Gasteiger partial charge < -0.3 is 4.74 Å². The molecule has 4 rings (SSSR count). The van der Waals surface area contributed by atoms with Crippen LogP contribution >= 0.6 is 0 Å². The summed E-state index contributed by atoms with van der Waals surface area (Å²) in [5.74, 6) is 0.437. The van der Waals surface area contributed by atoms with Crippen LogP contribution in [0.2, 0.25) is 0 Å². The monoisotopic (exact) mass is 355 g/mol. The van der Waals surface area contributed by atoms with Gasteiger partial charge in [-0.2, -0.15) is 0 Å². The van der Waals surface area contributed by atoms with Crippen LogP contribution in [0.3, 0.4) is 0 Å². The second-order valence-electron chi connectivity index (χ2n) is 7.83. The van der Waals surface area contributed by atoms with Gasteiger partial charge in [0, 0.05) is 12.5 Å². The minimum atomic E-state index is -0.274. The Hall–Kier alpha value is -2.17. The summed E-state index contributed by atoms with van der Waals surface area (Å²) in [6.45, 7) is 2.08. The fourth-order valence-electron chi connectivity index (χ4n) is 5.05. The molecule has 0 spiro atoms. The summed E-state index contributed by atoms with van der Waals surface area (Å²) in [7, 11) is 0. The second-order valence-corrected chi connectivity index (χ2v) is 7.83. The van der Waals surface area contributed by atoms with Gasteiger partial charge in [0.2, 0.25) is 11.8 Å². The van der Waals surface area contributed by atoms with Crippen molar-refractivity contribution in [3.8, 4) is 5.75 Å². The van der Waals surface area contributed by atoms with E-state index in [2.05, 4.69) is 6.92 Å². The van der Waals surface area contributed by atoms with Crippen molar-refractivity contribution in [2.45, 2.75) is 51.9 Å². The highest BCUT2D eigenvalue weighted by atomic mass is 16.5. The zero-order valence-corrected chi connectivity index (χ0v) is 15.1. The van der Waals surface area contributed by atoms with Crippen LogP contribution < -0.4 is 9.64 Å². The lowest BCUT2D eigenvalue weighted by Crippen LogP contribution is -2.32. The van der Waals surface area contributed by atoms with E-state index in [9.17, 15) is 14.4 Å². The molecule has 2 bridgehead atoms. The predicted octanol–water partition coefficient (Wildman–Crippen LogP) is 3.71.